The molecule has 4 amide bonds. The topological polar surface area (TPSA) is 78.5 Å². The number of carbonyl (C=O) groups is 3. The average Bonchev–Trinajstić information content (AvgIpc) is 2.66. The monoisotopic (exact) mass is 315 g/mol. The molecule has 0 atom stereocenters. The first-order valence-electron chi connectivity index (χ1n) is 5.80. The van der Waals surface area contributed by atoms with Crippen molar-refractivity contribution in [3.63, 3.8) is 0 Å². The number of aryl methyl sites for hydroxylation is 1. The highest BCUT2D eigenvalue weighted by molar-refractivity contribution is 6.35. The Hall–Kier alpha value is -1.79. The molecule has 0 unspecified atom stereocenters. The van der Waals surface area contributed by atoms with Gasteiger partial charge in [0.1, 0.15) is 6.54 Å². The predicted octanol–water partition coefficient (Wildman–Crippen LogP) is 1.51. The summed E-state index contributed by atoms with van der Waals surface area (Å²) in [5.41, 5.74) is 3.14. The van der Waals surface area contributed by atoms with E-state index in [1.807, 2.05) is 0 Å². The lowest BCUT2D eigenvalue weighted by Gasteiger charge is -2.14. The van der Waals surface area contributed by atoms with Gasteiger partial charge in [0.05, 0.1) is 0 Å². The zero-order chi connectivity index (χ0) is 14.7. The summed E-state index contributed by atoms with van der Waals surface area (Å²) in [6.45, 7) is -0.174. The van der Waals surface area contributed by atoms with Crippen LogP contribution in [0.25, 0.3) is 0 Å². The maximum absolute atomic E-state index is 11.7. The molecule has 0 aromatic heterocycles. The molecule has 20 heavy (non-hydrogen) atoms. The molecule has 0 radical (unpaired) electrons. The summed E-state index contributed by atoms with van der Waals surface area (Å²) in [5, 5.41) is 4.01. The Morgan fingerprint density at radius 3 is 2.70 bits per heavy atom. The first kappa shape index (κ1) is 14.6. The Bertz CT molecular complexity index is 577. The highest BCUT2D eigenvalue weighted by atomic mass is 35.5. The first-order chi connectivity index (χ1) is 9.45. The summed E-state index contributed by atoms with van der Waals surface area (Å²) >= 11 is 11.8. The molecular weight excluding hydrogens is 305 g/mol. The molecule has 0 bridgehead atoms. The standard InChI is InChI=1S/C12H11Cl2N3O3/c13-8-3-1-7(9(14)5-8)2-4-10(18)16-17-6-11(19)15-12(17)20/h1,3,5H,2,4,6H2,(H,16,18)(H,15,19,20). The van der Waals surface area contributed by atoms with E-state index >= 15 is 0 Å². The van der Waals surface area contributed by atoms with Gasteiger partial charge in [0, 0.05) is 16.5 Å². The number of amides is 4. The predicted molar refractivity (Wildman–Crippen MR) is 73.2 cm³/mol. The van der Waals surface area contributed by atoms with Crippen LogP contribution >= 0.6 is 23.2 Å². The molecule has 0 saturated carbocycles. The van der Waals surface area contributed by atoms with Crippen molar-refractivity contribution in [1.82, 2.24) is 15.8 Å². The second kappa shape index (κ2) is 6.11. The number of rotatable bonds is 4. The third-order valence-electron chi connectivity index (χ3n) is 2.69. The van der Waals surface area contributed by atoms with Crippen molar-refractivity contribution in [3.8, 4) is 0 Å². The van der Waals surface area contributed by atoms with Crippen LogP contribution in [0.1, 0.15) is 12.0 Å². The summed E-state index contributed by atoms with van der Waals surface area (Å²) in [4.78, 5) is 33.9. The number of urea groups is 1. The van der Waals surface area contributed by atoms with Crippen molar-refractivity contribution in [2.45, 2.75) is 12.8 Å². The van der Waals surface area contributed by atoms with Crippen LogP contribution in [0.4, 0.5) is 4.79 Å². The largest absolute Gasteiger partial charge is 0.343 e. The van der Waals surface area contributed by atoms with Crippen LogP contribution < -0.4 is 10.7 Å². The van der Waals surface area contributed by atoms with E-state index < -0.39 is 11.9 Å². The Labute approximate surface area is 125 Å². The van der Waals surface area contributed by atoms with Crippen LogP contribution in [0.15, 0.2) is 18.2 Å². The quantitative estimate of drug-likeness (QED) is 0.827. The van der Waals surface area contributed by atoms with Crippen molar-refractivity contribution in [1.29, 1.82) is 0 Å². The van der Waals surface area contributed by atoms with E-state index in [4.69, 9.17) is 23.2 Å². The molecule has 1 heterocycles. The molecule has 1 aliphatic heterocycles. The zero-order valence-electron chi connectivity index (χ0n) is 10.3. The molecule has 2 rings (SSSR count). The van der Waals surface area contributed by atoms with Gasteiger partial charge in [-0.3, -0.25) is 20.3 Å². The van der Waals surface area contributed by atoms with E-state index in [2.05, 4.69) is 10.7 Å². The number of hydrazine groups is 1. The fraction of sp³-hybridized carbons (Fsp3) is 0.250. The summed E-state index contributed by atoms with van der Waals surface area (Å²) in [6, 6.07) is 4.40. The van der Waals surface area contributed by atoms with Crippen LogP contribution in [-0.4, -0.2) is 29.4 Å². The fourth-order valence-corrected chi connectivity index (χ4v) is 2.21. The lowest BCUT2D eigenvalue weighted by molar-refractivity contribution is -0.125. The maximum Gasteiger partial charge on any atom is 0.343 e. The minimum Gasteiger partial charge on any atom is -0.275 e. The van der Waals surface area contributed by atoms with E-state index in [1.54, 1.807) is 18.2 Å². The molecule has 2 N–H and O–H groups in total. The summed E-state index contributed by atoms with van der Waals surface area (Å²) < 4.78 is 0. The zero-order valence-corrected chi connectivity index (χ0v) is 11.8. The molecule has 0 spiro atoms. The van der Waals surface area contributed by atoms with Crippen molar-refractivity contribution in [3.05, 3.63) is 33.8 Å². The molecule has 0 aliphatic carbocycles. The van der Waals surface area contributed by atoms with Gasteiger partial charge in [-0.05, 0) is 24.1 Å². The van der Waals surface area contributed by atoms with Gasteiger partial charge in [0.25, 0.3) is 0 Å². The van der Waals surface area contributed by atoms with E-state index in [-0.39, 0.29) is 18.9 Å². The smallest absolute Gasteiger partial charge is 0.275 e. The molecule has 8 heteroatoms. The van der Waals surface area contributed by atoms with Gasteiger partial charge in [0.2, 0.25) is 11.8 Å². The van der Waals surface area contributed by atoms with Crippen LogP contribution in [0, 0.1) is 0 Å². The maximum atomic E-state index is 11.7. The second-order valence-corrected chi connectivity index (χ2v) is 5.05. The number of imide groups is 1. The highest BCUT2D eigenvalue weighted by Gasteiger charge is 2.27. The Morgan fingerprint density at radius 2 is 2.10 bits per heavy atom. The Kier molecular flexibility index (Phi) is 4.46. The molecule has 1 fully saturated rings. The number of halogens is 2. The van der Waals surface area contributed by atoms with E-state index in [0.29, 0.717) is 16.5 Å². The van der Waals surface area contributed by atoms with Gasteiger partial charge in [-0.15, -0.1) is 0 Å². The number of nitrogens with zero attached hydrogens (tertiary/aromatic N) is 1. The van der Waals surface area contributed by atoms with Gasteiger partial charge in [-0.2, -0.15) is 0 Å². The average molecular weight is 316 g/mol. The van der Waals surface area contributed by atoms with Crippen molar-refractivity contribution >= 4 is 41.0 Å². The fourth-order valence-electron chi connectivity index (χ4n) is 1.71. The minimum absolute atomic E-state index is 0.138. The number of hydrogen-bond acceptors (Lipinski definition) is 3. The summed E-state index contributed by atoms with van der Waals surface area (Å²) in [7, 11) is 0. The number of nitrogens with one attached hydrogen (secondary N) is 2. The highest BCUT2D eigenvalue weighted by Crippen LogP contribution is 2.21. The third-order valence-corrected chi connectivity index (χ3v) is 3.28. The summed E-state index contributed by atoms with van der Waals surface area (Å²) in [6.07, 6.45) is 0.546. The van der Waals surface area contributed by atoms with Crippen LogP contribution in [0.3, 0.4) is 0 Å². The molecule has 1 aromatic rings. The minimum atomic E-state index is -0.632. The van der Waals surface area contributed by atoms with Crippen LogP contribution in [0.5, 0.6) is 0 Å². The molecule has 106 valence electrons. The third kappa shape index (κ3) is 3.61. The molecule has 6 nitrogen and oxygen atoms in total. The van der Waals surface area contributed by atoms with Crippen LogP contribution in [0.2, 0.25) is 10.0 Å². The van der Waals surface area contributed by atoms with Crippen molar-refractivity contribution in [2.75, 3.05) is 6.54 Å². The Morgan fingerprint density at radius 1 is 1.35 bits per heavy atom. The summed E-state index contributed by atoms with van der Waals surface area (Å²) in [5.74, 6) is -0.822. The number of benzene rings is 1. The van der Waals surface area contributed by atoms with Gasteiger partial charge in [-0.1, -0.05) is 29.3 Å². The van der Waals surface area contributed by atoms with Crippen LogP contribution in [-0.2, 0) is 16.0 Å². The van der Waals surface area contributed by atoms with E-state index in [0.717, 1.165) is 10.6 Å². The molecule has 1 saturated heterocycles. The van der Waals surface area contributed by atoms with Crippen molar-refractivity contribution < 1.29 is 14.4 Å². The lowest BCUT2D eigenvalue weighted by atomic mass is 10.1. The van der Waals surface area contributed by atoms with Gasteiger partial charge >= 0.3 is 6.03 Å². The number of carbonyl (C=O) groups excluding carboxylic acids is 3. The molecule has 1 aromatic carbocycles. The first-order valence-corrected chi connectivity index (χ1v) is 6.56. The van der Waals surface area contributed by atoms with Gasteiger partial charge in [0.15, 0.2) is 0 Å². The number of hydrogen-bond donors (Lipinski definition) is 2. The lowest BCUT2D eigenvalue weighted by Crippen LogP contribution is -2.44. The molecular formula is C12H11Cl2N3O3. The van der Waals surface area contributed by atoms with Crippen molar-refractivity contribution in [2.24, 2.45) is 0 Å². The SMILES string of the molecule is O=C1CN(NC(=O)CCc2ccc(Cl)cc2Cl)C(=O)N1. The van der Waals surface area contributed by atoms with E-state index in [9.17, 15) is 14.4 Å². The van der Waals surface area contributed by atoms with Gasteiger partial charge in [-0.25, -0.2) is 9.80 Å². The van der Waals surface area contributed by atoms with Gasteiger partial charge < -0.3 is 0 Å². The van der Waals surface area contributed by atoms with E-state index in [1.165, 1.54) is 0 Å². The normalized spacial score (nSPS) is 14.4. The molecule has 1 aliphatic rings. The Balaban J connectivity index is 1.86. The second-order valence-electron chi connectivity index (χ2n) is 4.21.